The predicted molar refractivity (Wildman–Crippen MR) is 98.0 cm³/mol. The summed E-state index contributed by atoms with van der Waals surface area (Å²) in [5.74, 6) is 1.30. The van der Waals surface area contributed by atoms with Crippen LogP contribution in [0, 0.1) is 11.8 Å². The van der Waals surface area contributed by atoms with Crippen LogP contribution in [0.15, 0.2) is 22.7 Å². The third-order valence-electron chi connectivity index (χ3n) is 3.57. The number of benzene rings is 1. The molecule has 0 saturated heterocycles. The molecule has 0 radical (unpaired) electrons. The molecular weight excluding hydrogens is 324 g/mol. The summed E-state index contributed by atoms with van der Waals surface area (Å²) < 4.78 is 1.14. The Hall–Kier alpha value is -0.540. The van der Waals surface area contributed by atoms with Crippen LogP contribution in [0.1, 0.15) is 46.6 Å². The summed E-state index contributed by atoms with van der Waals surface area (Å²) in [5.41, 5.74) is 8.90. The lowest BCUT2D eigenvalue weighted by atomic mass is 10.0. The second-order valence-corrected chi connectivity index (χ2v) is 7.75. The Morgan fingerprint density at radius 2 is 1.67 bits per heavy atom. The first-order valence-electron chi connectivity index (χ1n) is 8.12. The smallest absolute Gasteiger partial charge is 0.0410 e. The van der Waals surface area contributed by atoms with E-state index in [1.807, 2.05) is 0 Å². The number of rotatable bonds is 8. The van der Waals surface area contributed by atoms with E-state index in [9.17, 15) is 0 Å². The van der Waals surface area contributed by atoms with E-state index < -0.39 is 0 Å². The molecule has 0 fully saturated rings. The van der Waals surface area contributed by atoms with Gasteiger partial charge in [0.1, 0.15) is 0 Å². The van der Waals surface area contributed by atoms with Crippen LogP contribution in [0.5, 0.6) is 0 Å². The van der Waals surface area contributed by atoms with Crippen molar-refractivity contribution in [2.45, 2.75) is 53.5 Å². The summed E-state index contributed by atoms with van der Waals surface area (Å²) >= 11 is 3.62. The highest BCUT2D eigenvalue weighted by molar-refractivity contribution is 9.10. The number of nitrogens with two attached hydrogens (primary N) is 1. The fraction of sp³-hybridized carbons (Fsp3) is 0.667. The second kappa shape index (κ2) is 8.79. The maximum Gasteiger partial charge on any atom is 0.0410 e. The zero-order valence-electron chi connectivity index (χ0n) is 14.2. The van der Waals surface area contributed by atoms with Crippen LogP contribution in [0.25, 0.3) is 0 Å². The van der Waals surface area contributed by atoms with Gasteiger partial charge in [0.25, 0.3) is 0 Å². The quantitative estimate of drug-likeness (QED) is 0.722. The monoisotopic (exact) mass is 354 g/mol. The minimum Gasteiger partial charge on any atom is -0.371 e. The SMILES string of the molecule is CCC(N)Cc1ccc(Br)cc1N(CC(C)C)CC(C)C. The molecule has 3 heteroatoms. The lowest BCUT2D eigenvalue weighted by Gasteiger charge is -2.31. The number of nitrogens with zero attached hydrogens (tertiary/aromatic N) is 1. The average molecular weight is 355 g/mol. The number of halogens is 1. The van der Waals surface area contributed by atoms with E-state index in [1.165, 1.54) is 11.3 Å². The molecule has 1 atom stereocenters. The van der Waals surface area contributed by atoms with Gasteiger partial charge in [0.2, 0.25) is 0 Å². The molecule has 0 heterocycles. The minimum absolute atomic E-state index is 0.241. The topological polar surface area (TPSA) is 29.3 Å². The fourth-order valence-corrected chi connectivity index (χ4v) is 2.93. The molecule has 1 unspecified atom stereocenters. The van der Waals surface area contributed by atoms with Crippen LogP contribution in [-0.4, -0.2) is 19.1 Å². The maximum atomic E-state index is 6.18. The van der Waals surface area contributed by atoms with Gasteiger partial charge < -0.3 is 10.6 Å². The Morgan fingerprint density at radius 3 is 2.14 bits per heavy atom. The molecule has 2 nitrogen and oxygen atoms in total. The Labute approximate surface area is 139 Å². The van der Waals surface area contributed by atoms with Crippen molar-refractivity contribution in [2.24, 2.45) is 17.6 Å². The summed E-state index contributed by atoms with van der Waals surface area (Å²) in [4.78, 5) is 2.53. The standard InChI is InChI=1S/C18H31BrN2/c1-6-17(20)9-15-7-8-16(19)10-18(15)21(11-13(2)3)12-14(4)5/h7-8,10,13-14,17H,6,9,11-12,20H2,1-5H3. The summed E-state index contributed by atoms with van der Waals surface area (Å²) in [6.07, 6.45) is 1.97. The highest BCUT2D eigenvalue weighted by Gasteiger charge is 2.16. The lowest BCUT2D eigenvalue weighted by molar-refractivity contribution is 0.549. The lowest BCUT2D eigenvalue weighted by Crippen LogP contribution is -2.33. The summed E-state index contributed by atoms with van der Waals surface area (Å²) in [6, 6.07) is 6.85. The van der Waals surface area contributed by atoms with Crippen molar-refractivity contribution in [1.29, 1.82) is 0 Å². The molecule has 1 aromatic rings. The largest absolute Gasteiger partial charge is 0.371 e. The van der Waals surface area contributed by atoms with Crippen LogP contribution >= 0.6 is 15.9 Å². The molecule has 0 aliphatic rings. The van der Waals surface area contributed by atoms with Gasteiger partial charge in [-0.05, 0) is 42.4 Å². The fourth-order valence-electron chi connectivity index (χ4n) is 2.58. The van der Waals surface area contributed by atoms with Crippen molar-refractivity contribution in [3.63, 3.8) is 0 Å². The molecule has 0 aliphatic carbocycles. The molecule has 0 amide bonds. The van der Waals surface area contributed by atoms with Gasteiger partial charge in [0.15, 0.2) is 0 Å². The van der Waals surface area contributed by atoms with Crippen molar-refractivity contribution in [1.82, 2.24) is 0 Å². The Morgan fingerprint density at radius 1 is 1.10 bits per heavy atom. The number of anilines is 1. The molecular formula is C18H31BrN2. The highest BCUT2D eigenvalue weighted by atomic mass is 79.9. The number of hydrogen-bond donors (Lipinski definition) is 1. The Bertz CT molecular complexity index is 419. The number of hydrogen-bond acceptors (Lipinski definition) is 2. The van der Waals surface area contributed by atoms with Crippen molar-refractivity contribution in [3.05, 3.63) is 28.2 Å². The molecule has 21 heavy (non-hydrogen) atoms. The van der Waals surface area contributed by atoms with E-state index in [-0.39, 0.29) is 6.04 Å². The van der Waals surface area contributed by atoms with Crippen LogP contribution < -0.4 is 10.6 Å². The molecule has 0 spiro atoms. The summed E-state index contributed by atoms with van der Waals surface area (Å²) in [6.45, 7) is 13.5. The molecule has 0 bridgehead atoms. The van der Waals surface area contributed by atoms with E-state index in [2.05, 4.69) is 73.6 Å². The van der Waals surface area contributed by atoms with Gasteiger partial charge in [0.05, 0.1) is 0 Å². The first kappa shape index (κ1) is 18.5. The van der Waals surface area contributed by atoms with Crippen LogP contribution in [-0.2, 0) is 6.42 Å². The third kappa shape index (κ3) is 6.39. The molecule has 2 N–H and O–H groups in total. The zero-order chi connectivity index (χ0) is 16.0. The predicted octanol–water partition coefficient (Wildman–Crippen LogP) is 4.85. The zero-order valence-corrected chi connectivity index (χ0v) is 15.8. The maximum absolute atomic E-state index is 6.18. The molecule has 1 rings (SSSR count). The molecule has 120 valence electrons. The van der Waals surface area contributed by atoms with Gasteiger partial charge in [-0.25, -0.2) is 0 Å². The summed E-state index contributed by atoms with van der Waals surface area (Å²) in [5, 5.41) is 0. The Balaban J connectivity index is 3.10. The van der Waals surface area contributed by atoms with Gasteiger partial charge in [0, 0.05) is 29.3 Å². The van der Waals surface area contributed by atoms with E-state index >= 15 is 0 Å². The highest BCUT2D eigenvalue weighted by Crippen LogP contribution is 2.28. The van der Waals surface area contributed by atoms with Gasteiger partial charge in [-0.1, -0.05) is 56.6 Å². The van der Waals surface area contributed by atoms with Gasteiger partial charge in [-0.3, -0.25) is 0 Å². The van der Waals surface area contributed by atoms with Crippen LogP contribution in [0.3, 0.4) is 0 Å². The minimum atomic E-state index is 0.241. The van der Waals surface area contributed by atoms with Gasteiger partial charge in [-0.2, -0.15) is 0 Å². The van der Waals surface area contributed by atoms with Crippen LogP contribution in [0.2, 0.25) is 0 Å². The first-order chi connectivity index (χ1) is 9.83. The van der Waals surface area contributed by atoms with Crippen molar-refractivity contribution >= 4 is 21.6 Å². The van der Waals surface area contributed by atoms with Gasteiger partial charge >= 0.3 is 0 Å². The van der Waals surface area contributed by atoms with E-state index in [0.29, 0.717) is 11.8 Å². The molecule has 0 aliphatic heterocycles. The summed E-state index contributed by atoms with van der Waals surface area (Å²) in [7, 11) is 0. The van der Waals surface area contributed by atoms with E-state index in [0.717, 1.165) is 30.4 Å². The second-order valence-electron chi connectivity index (χ2n) is 6.84. The van der Waals surface area contributed by atoms with E-state index in [1.54, 1.807) is 0 Å². The molecule has 0 aromatic heterocycles. The van der Waals surface area contributed by atoms with Gasteiger partial charge in [-0.15, -0.1) is 0 Å². The van der Waals surface area contributed by atoms with Crippen molar-refractivity contribution in [2.75, 3.05) is 18.0 Å². The van der Waals surface area contributed by atoms with Crippen molar-refractivity contribution < 1.29 is 0 Å². The Kier molecular flexibility index (Phi) is 7.75. The molecule has 0 saturated carbocycles. The first-order valence-corrected chi connectivity index (χ1v) is 8.91. The normalized spacial score (nSPS) is 13.0. The van der Waals surface area contributed by atoms with E-state index in [4.69, 9.17) is 5.73 Å². The molecule has 1 aromatic carbocycles. The van der Waals surface area contributed by atoms with Crippen molar-refractivity contribution in [3.8, 4) is 0 Å². The average Bonchev–Trinajstić information content (AvgIpc) is 2.38. The third-order valence-corrected chi connectivity index (χ3v) is 4.06. The van der Waals surface area contributed by atoms with Crippen LogP contribution in [0.4, 0.5) is 5.69 Å².